The predicted octanol–water partition coefficient (Wildman–Crippen LogP) is 1.83. The van der Waals surface area contributed by atoms with Crippen molar-refractivity contribution in [2.75, 3.05) is 26.2 Å². The van der Waals surface area contributed by atoms with Crippen LogP contribution in [0.2, 0.25) is 0 Å². The molecule has 3 nitrogen and oxygen atoms in total. The first kappa shape index (κ1) is 13.1. The first-order chi connectivity index (χ1) is 7.70. The van der Waals surface area contributed by atoms with Crippen LogP contribution in [0, 0.1) is 0 Å². The van der Waals surface area contributed by atoms with Crippen LogP contribution in [0.3, 0.4) is 0 Å². The number of hydrogen-bond acceptors (Lipinski definition) is 3. The van der Waals surface area contributed by atoms with Crippen LogP contribution < -0.4 is 11.1 Å². The van der Waals surface area contributed by atoms with Crippen LogP contribution in [-0.2, 0) is 0 Å². The fourth-order valence-electron chi connectivity index (χ4n) is 1.89. The third-order valence-corrected chi connectivity index (χ3v) is 2.99. The minimum atomic E-state index is 0.748. The molecule has 0 unspecified atom stereocenters. The molecular weight excluding hydrogens is 198 g/mol. The van der Waals surface area contributed by atoms with Crippen LogP contribution in [0.25, 0.3) is 0 Å². The van der Waals surface area contributed by atoms with Crippen LogP contribution in [0.5, 0.6) is 0 Å². The molecule has 0 atom stereocenters. The molecule has 0 aromatic heterocycles. The summed E-state index contributed by atoms with van der Waals surface area (Å²) >= 11 is 0. The van der Waals surface area contributed by atoms with E-state index in [-0.39, 0.29) is 0 Å². The Morgan fingerprint density at radius 1 is 1.38 bits per heavy atom. The van der Waals surface area contributed by atoms with Crippen LogP contribution in [0.1, 0.15) is 32.6 Å². The highest BCUT2D eigenvalue weighted by atomic mass is 15.1. The fourth-order valence-corrected chi connectivity index (χ4v) is 1.89. The van der Waals surface area contributed by atoms with Crippen molar-refractivity contribution < 1.29 is 0 Å². The Kier molecular flexibility index (Phi) is 6.01. The van der Waals surface area contributed by atoms with Gasteiger partial charge in [0.1, 0.15) is 0 Å². The molecule has 0 spiro atoms. The summed E-state index contributed by atoms with van der Waals surface area (Å²) in [5.74, 6) is 0. The summed E-state index contributed by atoms with van der Waals surface area (Å²) < 4.78 is 0. The first-order valence-electron chi connectivity index (χ1n) is 6.27. The highest BCUT2D eigenvalue weighted by molar-refractivity contribution is 5.21. The van der Waals surface area contributed by atoms with E-state index in [2.05, 4.69) is 16.8 Å². The van der Waals surface area contributed by atoms with Gasteiger partial charge < -0.3 is 16.0 Å². The molecular formula is C13H25N3. The molecule has 1 aliphatic rings. The van der Waals surface area contributed by atoms with Crippen LogP contribution in [0.4, 0.5) is 0 Å². The summed E-state index contributed by atoms with van der Waals surface area (Å²) in [6, 6.07) is 0. The van der Waals surface area contributed by atoms with E-state index in [1.165, 1.54) is 45.3 Å². The molecule has 0 saturated carbocycles. The Morgan fingerprint density at radius 3 is 2.69 bits per heavy atom. The van der Waals surface area contributed by atoms with Gasteiger partial charge in [-0.25, -0.2) is 0 Å². The van der Waals surface area contributed by atoms with Crippen molar-refractivity contribution in [2.24, 2.45) is 5.73 Å². The molecule has 0 amide bonds. The highest BCUT2D eigenvalue weighted by Gasteiger charge is 2.08. The van der Waals surface area contributed by atoms with E-state index < -0.39 is 0 Å². The molecule has 3 N–H and O–H groups in total. The van der Waals surface area contributed by atoms with E-state index >= 15 is 0 Å². The number of likely N-dealkylation sites (tertiary alicyclic amines) is 1. The van der Waals surface area contributed by atoms with Gasteiger partial charge in [-0.15, -0.1) is 0 Å². The highest BCUT2D eigenvalue weighted by Crippen LogP contribution is 2.08. The molecule has 16 heavy (non-hydrogen) atoms. The Morgan fingerprint density at radius 2 is 2.06 bits per heavy atom. The molecule has 1 aliphatic heterocycles. The molecule has 1 heterocycles. The maximum absolute atomic E-state index is 5.73. The van der Waals surface area contributed by atoms with Crippen molar-refractivity contribution in [1.29, 1.82) is 0 Å². The molecule has 1 saturated heterocycles. The Bertz CT molecular complexity index is 240. The van der Waals surface area contributed by atoms with Gasteiger partial charge >= 0.3 is 0 Å². The quantitative estimate of drug-likeness (QED) is 0.533. The lowest BCUT2D eigenvalue weighted by atomic mass is 10.1. The zero-order valence-electron chi connectivity index (χ0n) is 10.5. The molecule has 0 aromatic rings. The van der Waals surface area contributed by atoms with E-state index in [9.17, 15) is 0 Å². The van der Waals surface area contributed by atoms with Crippen molar-refractivity contribution >= 4 is 0 Å². The van der Waals surface area contributed by atoms with Gasteiger partial charge in [0.05, 0.1) is 0 Å². The maximum Gasteiger partial charge on any atom is 0.0497 e. The molecule has 0 aromatic carbocycles. The smallest absolute Gasteiger partial charge is 0.0497 e. The van der Waals surface area contributed by atoms with Gasteiger partial charge in [0.2, 0.25) is 0 Å². The van der Waals surface area contributed by atoms with Gasteiger partial charge in [-0.1, -0.05) is 13.0 Å². The Hall–Kier alpha value is -0.960. The third-order valence-electron chi connectivity index (χ3n) is 2.99. The summed E-state index contributed by atoms with van der Waals surface area (Å²) in [6.07, 6.45) is 7.19. The van der Waals surface area contributed by atoms with Crippen LogP contribution in [-0.4, -0.2) is 31.1 Å². The number of nitrogens with one attached hydrogen (secondary N) is 1. The molecule has 3 heteroatoms. The van der Waals surface area contributed by atoms with Crippen molar-refractivity contribution in [3.8, 4) is 0 Å². The molecule has 0 radical (unpaired) electrons. The minimum absolute atomic E-state index is 0.748. The lowest BCUT2D eigenvalue weighted by Crippen LogP contribution is -2.31. The summed E-state index contributed by atoms with van der Waals surface area (Å²) in [4.78, 5) is 2.55. The second-order valence-corrected chi connectivity index (χ2v) is 4.59. The van der Waals surface area contributed by atoms with Crippen molar-refractivity contribution in [3.05, 3.63) is 24.0 Å². The molecule has 1 rings (SSSR count). The predicted molar refractivity (Wildman–Crippen MR) is 70.0 cm³/mol. The van der Waals surface area contributed by atoms with E-state index in [0.29, 0.717) is 0 Å². The summed E-state index contributed by atoms with van der Waals surface area (Å²) in [5, 5.41) is 3.23. The zero-order valence-corrected chi connectivity index (χ0v) is 10.5. The molecule has 1 fully saturated rings. The second kappa shape index (κ2) is 7.34. The fraction of sp³-hybridized carbons (Fsp3) is 0.692. The van der Waals surface area contributed by atoms with Crippen molar-refractivity contribution in [2.45, 2.75) is 32.6 Å². The first-order valence-corrected chi connectivity index (χ1v) is 6.27. The molecule has 0 bridgehead atoms. The zero-order chi connectivity index (χ0) is 11.8. The van der Waals surface area contributed by atoms with Gasteiger partial charge in [-0.3, -0.25) is 0 Å². The number of allylic oxidation sites excluding steroid dienone is 1. The number of nitrogens with zero attached hydrogens (tertiary/aromatic N) is 1. The summed E-state index contributed by atoms with van der Waals surface area (Å²) in [6.45, 7) is 10.5. The second-order valence-electron chi connectivity index (χ2n) is 4.59. The maximum atomic E-state index is 5.73. The summed E-state index contributed by atoms with van der Waals surface area (Å²) in [5.41, 5.74) is 7.40. The van der Waals surface area contributed by atoms with Gasteiger partial charge in [0.25, 0.3) is 0 Å². The van der Waals surface area contributed by atoms with Crippen molar-refractivity contribution in [1.82, 2.24) is 10.2 Å². The van der Waals surface area contributed by atoms with Crippen LogP contribution >= 0.6 is 0 Å². The van der Waals surface area contributed by atoms with Gasteiger partial charge in [0.15, 0.2) is 0 Å². The van der Waals surface area contributed by atoms with E-state index in [0.717, 1.165) is 17.8 Å². The number of hydrogen-bond donors (Lipinski definition) is 2. The van der Waals surface area contributed by atoms with Crippen molar-refractivity contribution in [3.63, 3.8) is 0 Å². The van der Waals surface area contributed by atoms with Gasteiger partial charge in [-0.2, -0.15) is 0 Å². The van der Waals surface area contributed by atoms with Crippen LogP contribution in [0.15, 0.2) is 24.0 Å². The SMILES string of the molecule is C=C(C)/C(N)=C\NCCCN1CCCCC1. The third kappa shape index (κ3) is 5.21. The van der Waals surface area contributed by atoms with E-state index in [1.54, 1.807) is 0 Å². The number of piperidine rings is 1. The molecule has 0 aliphatic carbocycles. The molecule has 92 valence electrons. The Balaban J connectivity index is 2.03. The average Bonchev–Trinajstić information content (AvgIpc) is 2.29. The van der Waals surface area contributed by atoms with Gasteiger partial charge in [-0.05, 0) is 51.4 Å². The topological polar surface area (TPSA) is 41.3 Å². The Labute approximate surface area is 99.4 Å². The lowest BCUT2D eigenvalue weighted by Gasteiger charge is -2.26. The minimum Gasteiger partial charge on any atom is -0.397 e. The lowest BCUT2D eigenvalue weighted by molar-refractivity contribution is 0.226. The number of nitrogens with two attached hydrogens (primary N) is 1. The van der Waals surface area contributed by atoms with E-state index in [4.69, 9.17) is 5.73 Å². The summed E-state index contributed by atoms with van der Waals surface area (Å²) in [7, 11) is 0. The monoisotopic (exact) mass is 223 g/mol. The van der Waals surface area contributed by atoms with E-state index in [1.807, 2.05) is 13.1 Å². The average molecular weight is 223 g/mol. The standard InChI is InChI=1S/C13H25N3/c1-12(2)13(14)11-15-7-6-10-16-8-4-3-5-9-16/h11,15H,1,3-10,14H2,2H3/b13-11+. The normalized spacial score (nSPS) is 18.4. The largest absolute Gasteiger partial charge is 0.397 e. The van der Waals surface area contributed by atoms with Gasteiger partial charge in [0, 0.05) is 18.4 Å². The number of rotatable bonds is 6.